The molecule has 1 N–H and O–H groups in total. The van der Waals surface area contributed by atoms with Gasteiger partial charge in [-0.15, -0.1) is 0 Å². The minimum Gasteiger partial charge on any atom is -0.494 e. The molecule has 94 valence electrons. The SMILES string of the molecule is CCOc1cccc(CNc2cnccc2Cl)c1. The van der Waals surface area contributed by atoms with Gasteiger partial charge in [0.1, 0.15) is 5.75 Å². The van der Waals surface area contributed by atoms with Gasteiger partial charge in [0.25, 0.3) is 0 Å². The highest BCUT2D eigenvalue weighted by atomic mass is 35.5. The van der Waals surface area contributed by atoms with Crippen LogP contribution in [0.1, 0.15) is 12.5 Å². The van der Waals surface area contributed by atoms with Crippen molar-refractivity contribution >= 4 is 17.3 Å². The summed E-state index contributed by atoms with van der Waals surface area (Å²) in [5.41, 5.74) is 1.97. The van der Waals surface area contributed by atoms with Gasteiger partial charge in [0.15, 0.2) is 0 Å². The van der Waals surface area contributed by atoms with Crippen molar-refractivity contribution in [3.63, 3.8) is 0 Å². The Bertz CT molecular complexity index is 517. The Morgan fingerprint density at radius 3 is 3.00 bits per heavy atom. The second kappa shape index (κ2) is 6.26. The smallest absolute Gasteiger partial charge is 0.119 e. The first-order valence-electron chi connectivity index (χ1n) is 5.84. The van der Waals surface area contributed by atoms with E-state index in [0.717, 1.165) is 17.0 Å². The summed E-state index contributed by atoms with van der Waals surface area (Å²) in [5, 5.41) is 3.92. The molecule has 0 saturated heterocycles. The molecule has 4 heteroatoms. The van der Waals surface area contributed by atoms with Gasteiger partial charge in [-0.1, -0.05) is 23.7 Å². The van der Waals surface area contributed by atoms with E-state index in [9.17, 15) is 0 Å². The van der Waals surface area contributed by atoms with Gasteiger partial charge in [-0.05, 0) is 30.7 Å². The average Bonchev–Trinajstić information content (AvgIpc) is 2.39. The monoisotopic (exact) mass is 262 g/mol. The summed E-state index contributed by atoms with van der Waals surface area (Å²) < 4.78 is 5.46. The molecule has 0 amide bonds. The number of anilines is 1. The number of hydrogen-bond acceptors (Lipinski definition) is 3. The van der Waals surface area contributed by atoms with E-state index in [4.69, 9.17) is 16.3 Å². The summed E-state index contributed by atoms with van der Waals surface area (Å²) in [5.74, 6) is 0.883. The van der Waals surface area contributed by atoms with Crippen LogP contribution in [0, 0.1) is 0 Å². The topological polar surface area (TPSA) is 34.1 Å². The van der Waals surface area contributed by atoms with E-state index in [-0.39, 0.29) is 0 Å². The van der Waals surface area contributed by atoms with E-state index in [1.54, 1.807) is 18.5 Å². The van der Waals surface area contributed by atoms with Crippen LogP contribution in [0.5, 0.6) is 5.75 Å². The lowest BCUT2D eigenvalue weighted by atomic mass is 10.2. The van der Waals surface area contributed by atoms with Crippen molar-refractivity contribution in [2.75, 3.05) is 11.9 Å². The quantitative estimate of drug-likeness (QED) is 0.891. The predicted molar refractivity (Wildman–Crippen MR) is 74.2 cm³/mol. The molecule has 0 unspecified atom stereocenters. The van der Waals surface area contributed by atoms with Gasteiger partial charge >= 0.3 is 0 Å². The van der Waals surface area contributed by atoms with Gasteiger partial charge in [0.2, 0.25) is 0 Å². The number of benzene rings is 1. The highest BCUT2D eigenvalue weighted by Gasteiger charge is 2.00. The van der Waals surface area contributed by atoms with E-state index in [0.29, 0.717) is 18.2 Å². The largest absolute Gasteiger partial charge is 0.494 e. The molecule has 0 radical (unpaired) electrons. The molecule has 0 aliphatic rings. The average molecular weight is 263 g/mol. The third kappa shape index (κ3) is 3.37. The Hall–Kier alpha value is -1.74. The zero-order chi connectivity index (χ0) is 12.8. The van der Waals surface area contributed by atoms with Crippen LogP contribution in [-0.2, 0) is 6.54 Å². The predicted octanol–water partition coefficient (Wildman–Crippen LogP) is 3.75. The molecule has 18 heavy (non-hydrogen) atoms. The zero-order valence-electron chi connectivity index (χ0n) is 10.2. The molecule has 0 fully saturated rings. The lowest BCUT2D eigenvalue weighted by Crippen LogP contribution is -2.01. The summed E-state index contributed by atoms with van der Waals surface area (Å²) in [7, 11) is 0. The van der Waals surface area contributed by atoms with E-state index in [1.807, 2.05) is 31.2 Å². The molecule has 0 atom stereocenters. The number of pyridine rings is 1. The minimum absolute atomic E-state index is 0.672. The summed E-state index contributed by atoms with van der Waals surface area (Å²) >= 11 is 6.04. The minimum atomic E-state index is 0.672. The molecular formula is C14H15ClN2O. The number of rotatable bonds is 5. The van der Waals surface area contributed by atoms with Gasteiger partial charge in [0, 0.05) is 12.7 Å². The Kier molecular flexibility index (Phi) is 4.42. The lowest BCUT2D eigenvalue weighted by molar-refractivity contribution is 0.340. The second-order valence-corrected chi connectivity index (χ2v) is 4.20. The maximum atomic E-state index is 6.04. The molecule has 1 heterocycles. The van der Waals surface area contributed by atoms with Crippen LogP contribution in [0.4, 0.5) is 5.69 Å². The van der Waals surface area contributed by atoms with E-state index in [1.165, 1.54) is 0 Å². The Balaban J connectivity index is 2.02. The molecule has 2 rings (SSSR count). The molecule has 0 spiro atoms. The standard InChI is InChI=1S/C14H15ClN2O/c1-2-18-12-5-3-4-11(8-12)9-17-14-10-16-7-6-13(14)15/h3-8,10,17H,2,9H2,1H3. The highest BCUT2D eigenvalue weighted by Crippen LogP contribution is 2.20. The van der Waals surface area contributed by atoms with Crippen molar-refractivity contribution in [3.8, 4) is 5.75 Å². The van der Waals surface area contributed by atoms with Crippen LogP contribution in [0.25, 0.3) is 0 Å². The van der Waals surface area contributed by atoms with Crippen LogP contribution in [0.2, 0.25) is 5.02 Å². The van der Waals surface area contributed by atoms with Gasteiger partial charge in [-0.25, -0.2) is 0 Å². The summed E-state index contributed by atoms with van der Waals surface area (Å²) in [6, 6.07) is 9.75. The first kappa shape index (κ1) is 12.7. The van der Waals surface area contributed by atoms with Gasteiger partial charge in [-0.2, -0.15) is 0 Å². The van der Waals surface area contributed by atoms with E-state index >= 15 is 0 Å². The van der Waals surface area contributed by atoms with Crippen LogP contribution < -0.4 is 10.1 Å². The molecule has 0 saturated carbocycles. The lowest BCUT2D eigenvalue weighted by Gasteiger charge is -2.09. The van der Waals surface area contributed by atoms with Crippen molar-refractivity contribution in [1.29, 1.82) is 0 Å². The summed E-state index contributed by atoms with van der Waals surface area (Å²) in [4.78, 5) is 4.03. The van der Waals surface area contributed by atoms with Gasteiger partial charge < -0.3 is 10.1 Å². The first-order valence-corrected chi connectivity index (χ1v) is 6.22. The van der Waals surface area contributed by atoms with Crippen LogP contribution in [-0.4, -0.2) is 11.6 Å². The Labute approximate surface area is 112 Å². The van der Waals surface area contributed by atoms with Crippen LogP contribution >= 0.6 is 11.6 Å². The third-order valence-electron chi connectivity index (χ3n) is 2.46. The number of nitrogens with zero attached hydrogens (tertiary/aromatic N) is 1. The number of halogens is 1. The molecule has 1 aromatic carbocycles. The third-order valence-corrected chi connectivity index (χ3v) is 2.79. The molecule has 0 aliphatic heterocycles. The molecule has 2 aromatic rings. The summed E-state index contributed by atoms with van der Waals surface area (Å²) in [6.07, 6.45) is 3.39. The number of nitrogens with one attached hydrogen (secondary N) is 1. The molecule has 3 nitrogen and oxygen atoms in total. The van der Waals surface area contributed by atoms with Crippen LogP contribution in [0.3, 0.4) is 0 Å². The van der Waals surface area contributed by atoms with Gasteiger partial charge in [0.05, 0.1) is 23.5 Å². The summed E-state index contributed by atoms with van der Waals surface area (Å²) in [6.45, 7) is 3.33. The molecule has 0 aliphatic carbocycles. The van der Waals surface area contributed by atoms with Crippen molar-refractivity contribution in [2.24, 2.45) is 0 Å². The molecule has 0 bridgehead atoms. The first-order chi connectivity index (χ1) is 8.79. The van der Waals surface area contributed by atoms with E-state index < -0.39 is 0 Å². The number of ether oxygens (including phenoxy) is 1. The fourth-order valence-electron chi connectivity index (χ4n) is 1.62. The number of aromatic nitrogens is 1. The maximum absolute atomic E-state index is 6.04. The van der Waals surface area contributed by atoms with Crippen molar-refractivity contribution < 1.29 is 4.74 Å². The Morgan fingerprint density at radius 1 is 1.33 bits per heavy atom. The van der Waals surface area contributed by atoms with Crippen molar-refractivity contribution in [2.45, 2.75) is 13.5 Å². The molecule has 1 aromatic heterocycles. The fourth-order valence-corrected chi connectivity index (χ4v) is 1.79. The fraction of sp³-hybridized carbons (Fsp3) is 0.214. The van der Waals surface area contributed by atoms with Gasteiger partial charge in [-0.3, -0.25) is 4.98 Å². The van der Waals surface area contributed by atoms with E-state index in [2.05, 4.69) is 10.3 Å². The Morgan fingerprint density at radius 2 is 2.22 bits per heavy atom. The number of hydrogen-bond donors (Lipinski definition) is 1. The highest BCUT2D eigenvalue weighted by molar-refractivity contribution is 6.33. The van der Waals surface area contributed by atoms with Crippen LogP contribution in [0.15, 0.2) is 42.7 Å². The normalized spacial score (nSPS) is 10.1. The molecular weight excluding hydrogens is 248 g/mol. The zero-order valence-corrected chi connectivity index (χ0v) is 10.9. The van der Waals surface area contributed by atoms with Crippen molar-refractivity contribution in [1.82, 2.24) is 4.98 Å². The van der Waals surface area contributed by atoms with Crippen molar-refractivity contribution in [3.05, 3.63) is 53.3 Å². The maximum Gasteiger partial charge on any atom is 0.119 e. The second-order valence-electron chi connectivity index (χ2n) is 3.79.